The summed E-state index contributed by atoms with van der Waals surface area (Å²) in [4.78, 5) is 51.9. The van der Waals surface area contributed by atoms with Crippen molar-refractivity contribution in [3.8, 4) is 0 Å². The maximum Gasteiger partial charge on any atom is 0.334 e. The molecule has 17 heteroatoms. The average molecular weight is 814 g/mol. The highest BCUT2D eigenvalue weighted by Crippen LogP contribution is 2.38. The molecule has 4 rings (SSSR count). The standard InChI is InChI=1S/C40H63NO16/c1-11-30(45)55-29-18-31(46)50-21(3)17-28-27(54-28)13-12-26(44)20(2)16-25(14-15-42)36(37(29)49-10)57-39-34(47)33(41(8)9)35(22(4)52-39)56-32-19-40(7,48)38(23(5)51-32)53-24(6)43/h12-13,15,18,20-23,25-28,32-39,44,47-48H,11,14,16-17,19H2,1-10H3/b13-12+,29-18+. The summed E-state index contributed by atoms with van der Waals surface area (Å²) in [5.74, 6) is -3.48. The summed E-state index contributed by atoms with van der Waals surface area (Å²) in [6.45, 7) is 11.3. The summed E-state index contributed by atoms with van der Waals surface area (Å²) >= 11 is 0. The molecule has 3 N–H and O–H groups in total. The Balaban J connectivity index is 1.70. The summed E-state index contributed by atoms with van der Waals surface area (Å²) in [5.41, 5.74) is -1.50. The number of esters is 3. The van der Waals surface area contributed by atoms with E-state index in [9.17, 15) is 34.5 Å². The molecule has 0 aliphatic carbocycles. The van der Waals surface area contributed by atoms with Crippen LogP contribution in [0.4, 0.5) is 0 Å². The summed E-state index contributed by atoms with van der Waals surface area (Å²) in [6.07, 6.45) is -6.13. The quantitative estimate of drug-likeness (QED) is 0.0889. The van der Waals surface area contributed by atoms with Gasteiger partial charge in [0.05, 0.1) is 42.6 Å². The topological polar surface area (TPSA) is 219 Å². The minimum Gasteiger partial charge on any atom is -0.459 e. The molecular weight excluding hydrogens is 750 g/mol. The van der Waals surface area contributed by atoms with Crippen molar-refractivity contribution in [3.05, 3.63) is 24.0 Å². The van der Waals surface area contributed by atoms with Gasteiger partial charge in [0, 0.05) is 39.7 Å². The van der Waals surface area contributed by atoms with Gasteiger partial charge < -0.3 is 67.6 Å². The third-order valence-electron chi connectivity index (χ3n) is 11.0. The van der Waals surface area contributed by atoms with Crippen LogP contribution >= 0.6 is 0 Å². The Hall–Kier alpha value is -2.84. The van der Waals surface area contributed by atoms with Crippen LogP contribution in [0.5, 0.6) is 0 Å². The first-order chi connectivity index (χ1) is 26.8. The molecule has 17 unspecified atom stereocenters. The molecule has 0 aromatic heterocycles. The van der Waals surface area contributed by atoms with Gasteiger partial charge in [-0.1, -0.05) is 26.0 Å². The molecule has 0 bridgehead atoms. The zero-order valence-electron chi connectivity index (χ0n) is 34.7. The number of hydrogen-bond acceptors (Lipinski definition) is 17. The van der Waals surface area contributed by atoms with E-state index in [-0.39, 0.29) is 43.7 Å². The number of cyclic esters (lactones) is 1. The first kappa shape index (κ1) is 46.8. The molecule has 17 atom stereocenters. The maximum absolute atomic E-state index is 13.3. The summed E-state index contributed by atoms with van der Waals surface area (Å²) in [7, 11) is 4.79. The van der Waals surface area contributed by atoms with Crippen molar-refractivity contribution in [2.75, 3.05) is 21.2 Å². The van der Waals surface area contributed by atoms with Gasteiger partial charge in [-0.3, -0.25) is 9.59 Å². The van der Waals surface area contributed by atoms with Gasteiger partial charge in [-0.15, -0.1) is 0 Å². The van der Waals surface area contributed by atoms with Crippen LogP contribution in [0.3, 0.4) is 0 Å². The van der Waals surface area contributed by atoms with Gasteiger partial charge in [-0.2, -0.15) is 0 Å². The van der Waals surface area contributed by atoms with Gasteiger partial charge in [0.25, 0.3) is 0 Å². The minimum absolute atomic E-state index is 0.0460. The van der Waals surface area contributed by atoms with Crippen LogP contribution in [0.2, 0.25) is 0 Å². The van der Waals surface area contributed by atoms with E-state index in [4.69, 9.17) is 42.6 Å². The molecule has 4 heterocycles. The SMILES string of the molecule is CCC(=O)O/C1=C/C(=O)OC(C)CC2OC2/C=C/C(O)C(C)CC(CC=O)C(OC2OC(C)C(OC3CC(C)(O)C(OC(C)=O)C(C)O3)C(N(C)C)C2O)C1OC. The number of methoxy groups -OCH3 is 1. The molecule has 4 aliphatic rings. The second-order valence-corrected chi connectivity index (χ2v) is 16.1. The molecule has 0 aromatic rings. The first-order valence-electron chi connectivity index (χ1n) is 19.8. The second-order valence-electron chi connectivity index (χ2n) is 16.1. The monoisotopic (exact) mass is 813 g/mol. The van der Waals surface area contributed by atoms with Gasteiger partial charge in [-0.25, -0.2) is 4.79 Å². The molecule has 17 nitrogen and oxygen atoms in total. The summed E-state index contributed by atoms with van der Waals surface area (Å²) in [5, 5.41) is 34.5. The smallest absolute Gasteiger partial charge is 0.334 e. The number of epoxide rings is 1. The molecule has 0 saturated carbocycles. The van der Waals surface area contributed by atoms with E-state index in [1.54, 1.807) is 58.8 Å². The van der Waals surface area contributed by atoms with Crippen molar-refractivity contribution in [2.45, 2.75) is 172 Å². The van der Waals surface area contributed by atoms with E-state index in [0.717, 1.165) is 6.08 Å². The highest BCUT2D eigenvalue weighted by molar-refractivity contribution is 5.83. The van der Waals surface area contributed by atoms with Gasteiger partial charge in [0.2, 0.25) is 0 Å². The van der Waals surface area contributed by atoms with Crippen molar-refractivity contribution in [3.63, 3.8) is 0 Å². The third kappa shape index (κ3) is 12.3. The summed E-state index contributed by atoms with van der Waals surface area (Å²) in [6, 6.07) is -0.797. The van der Waals surface area contributed by atoms with Gasteiger partial charge in [0.15, 0.2) is 18.7 Å². The Morgan fingerprint density at radius 2 is 1.72 bits per heavy atom. The molecular formula is C40H63NO16. The van der Waals surface area contributed by atoms with Crippen LogP contribution in [-0.4, -0.2) is 157 Å². The molecule has 0 aromatic carbocycles. The molecule has 0 amide bonds. The fourth-order valence-electron chi connectivity index (χ4n) is 8.01. The van der Waals surface area contributed by atoms with E-state index in [1.807, 2.05) is 6.92 Å². The number of hydrogen-bond donors (Lipinski definition) is 3. The molecule has 3 fully saturated rings. The van der Waals surface area contributed by atoms with Crippen LogP contribution in [0, 0.1) is 11.8 Å². The van der Waals surface area contributed by atoms with E-state index < -0.39 is 109 Å². The zero-order valence-corrected chi connectivity index (χ0v) is 34.7. The van der Waals surface area contributed by atoms with Crippen molar-refractivity contribution in [1.29, 1.82) is 0 Å². The Morgan fingerprint density at radius 1 is 1.02 bits per heavy atom. The van der Waals surface area contributed by atoms with E-state index in [0.29, 0.717) is 12.7 Å². The van der Waals surface area contributed by atoms with Crippen LogP contribution < -0.4 is 0 Å². The van der Waals surface area contributed by atoms with Crippen LogP contribution in [-0.2, 0) is 61.8 Å². The Labute approximate surface area is 334 Å². The van der Waals surface area contributed by atoms with E-state index in [1.165, 1.54) is 21.0 Å². The van der Waals surface area contributed by atoms with Gasteiger partial charge in [0.1, 0.15) is 48.2 Å². The molecule has 3 saturated heterocycles. The van der Waals surface area contributed by atoms with Crippen molar-refractivity contribution in [1.82, 2.24) is 4.90 Å². The van der Waals surface area contributed by atoms with Crippen molar-refractivity contribution >= 4 is 24.2 Å². The highest BCUT2D eigenvalue weighted by Gasteiger charge is 2.52. The Bertz CT molecular complexity index is 1440. The number of fused-ring (bicyclic) bond motifs is 1. The lowest BCUT2D eigenvalue weighted by Crippen LogP contribution is -2.65. The van der Waals surface area contributed by atoms with E-state index in [2.05, 4.69) is 0 Å². The highest BCUT2D eigenvalue weighted by atomic mass is 16.7. The predicted molar refractivity (Wildman–Crippen MR) is 200 cm³/mol. The van der Waals surface area contributed by atoms with Gasteiger partial charge in [-0.05, 0) is 60.0 Å². The number of ether oxygens (including phenoxy) is 9. The number of nitrogens with zero attached hydrogens (tertiary/aromatic N) is 1. The molecule has 324 valence electrons. The third-order valence-corrected chi connectivity index (χ3v) is 11.0. The number of aldehydes is 1. The Morgan fingerprint density at radius 3 is 2.32 bits per heavy atom. The minimum atomic E-state index is -1.50. The normalized spacial score (nSPS) is 43.5. The maximum atomic E-state index is 13.3. The van der Waals surface area contributed by atoms with Crippen LogP contribution in [0.1, 0.15) is 80.6 Å². The second kappa shape index (κ2) is 20.4. The lowest BCUT2D eigenvalue weighted by molar-refractivity contribution is -0.342. The fourth-order valence-corrected chi connectivity index (χ4v) is 8.01. The zero-order chi connectivity index (χ0) is 42.4. The Kier molecular flexibility index (Phi) is 16.8. The number of likely N-dealkylation sites (N-methyl/N-ethyl adjacent to an activating group) is 1. The number of aliphatic hydroxyl groups excluding tert-OH is 2. The fraction of sp³-hybridized carbons (Fsp3) is 0.800. The van der Waals surface area contributed by atoms with Gasteiger partial charge >= 0.3 is 17.9 Å². The number of carbonyl (C=O) groups is 4. The lowest BCUT2D eigenvalue weighted by atomic mass is 9.83. The van der Waals surface area contributed by atoms with E-state index >= 15 is 0 Å². The average Bonchev–Trinajstić information content (AvgIpc) is 3.86. The lowest BCUT2D eigenvalue weighted by Gasteiger charge is -2.50. The summed E-state index contributed by atoms with van der Waals surface area (Å²) < 4.78 is 53.7. The number of rotatable bonds is 11. The predicted octanol–water partition coefficient (Wildman–Crippen LogP) is 1.71. The first-order valence-corrected chi connectivity index (χ1v) is 19.8. The molecule has 4 aliphatic heterocycles. The number of carbonyl (C=O) groups excluding carboxylic acids is 4. The number of aliphatic hydroxyl groups is 3. The van der Waals surface area contributed by atoms with Crippen molar-refractivity contribution in [2.24, 2.45) is 11.8 Å². The van der Waals surface area contributed by atoms with Crippen LogP contribution in [0.15, 0.2) is 24.0 Å². The molecule has 0 spiro atoms. The van der Waals surface area contributed by atoms with Crippen molar-refractivity contribution < 1.29 is 77.1 Å². The molecule has 57 heavy (non-hydrogen) atoms. The molecule has 0 radical (unpaired) electrons. The van der Waals surface area contributed by atoms with Crippen LogP contribution in [0.25, 0.3) is 0 Å². The largest absolute Gasteiger partial charge is 0.459 e.